The van der Waals surface area contributed by atoms with Crippen molar-refractivity contribution >= 4 is 23.2 Å². The van der Waals surface area contributed by atoms with E-state index < -0.39 is 0 Å². The van der Waals surface area contributed by atoms with Gasteiger partial charge in [0.2, 0.25) is 11.8 Å². The lowest BCUT2D eigenvalue weighted by Crippen LogP contribution is -2.44. The smallest absolute Gasteiger partial charge is 0.242 e. The maximum Gasteiger partial charge on any atom is 0.242 e. The molecule has 29 heavy (non-hydrogen) atoms. The molecule has 1 heterocycles. The number of carbonyl (C=O) groups excluding carboxylic acids is 2. The molecule has 3 rings (SSSR count). The highest BCUT2D eigenvalue weighted by atomic mass is 32.1. The number of halogens is 1. The molecule has 4 nitrogen and oxygen atoms in total. The number of thiophene rings is 1. The van der Waals surface area contributed by atoms with Crippen molar-refractivity contribution in [2.24, 2.45) is 5.41 Å². The summed E-state index contributed by atoms with van der Waals surface area (Å²) in [6.07, 6.45) is 2.36. The Morgan fingerprint density at radius 3 is 2.31 bits per heavy atom. The first-order valence-electron chi connectivity index (χ1n) is 10.1. The van der Waals surface area contributed by atoms with Crippen LogP contribution in [0.5, 0.6) is 0 Å². The Morgan fingerprint density at radius 2 is 1.76 bits per heavy atom. The zero-order chi connectivity index (χ0) is 21.0. The zero-order valence-corrected chi connectivity index (χ0v) is 18.2. The molecule has 1 saturated carbocycles. The molecule has 6 heteroatoms. The SMILES string of the molecule is CC(C)(C)CC(=O)N(CC(=O)N(Cc1ccc(F)cc1)Cc1cccs1)C1CC1. The summed E-state index contributed by atoms with van der Waals surface area (Å²) in [5, 5.41) is 1.99. The molecule has 1 fully saturated rings. The van der Waals surface area contributed by atoms with E-state index in [-0.39, 0.29) is 35.6 Å². The minimum atomic E-state index is -0.294. The van der Waals surface area contributed by atoms with E-state index in [1.54, 1.807) is 33.3 Å². The van der Waals surface area contributed by atoms with Crippen LogP contribution in [0.1, 0.15) is 50.5 Å². The van der Waals surface area contributed by atoms with Gasteiger partial charge in [0.05, 0.1) is 6.54 Å². The van der Waals surface area contributed by atoms with Crippen molar-refractivity contribution in [2.75, 3.05) is 6.54 Å². The van der Waals surface area contributed by atoms with Crippen LogP contribution in [0.15, 0.2) is 41.8 Å². The lowest BCUT2D eigenvalue weighted by atomic mass is 9.91. The van der Waals surface area contributed by atoms with Gasteiger partial charge in [-0.15, -0.1) is 11.3 Å². The summed E-state index contributed by atoms with van der Waals surface area (Å²) in [5.74, 6) is -0.319. The van der Waals surface area contributed by atoms with Gasteiger partial charge in [0, 0.05) is 23.9 Å². The van der Waals surface area contributed by atoms with Gasteiger partial charge in [-0.25, -0.2) is 4.39 Å². The van der Waals surface area contributed by atoms with E-state index in [2.05, 4.69) is 0 Å². The highest BCUT2D eigenvalue weighted by Crippen LogP contribution is 2.30. The third-order valence-corrected chi connectivity index (χ3v) is 5.72. The Morgan fingerprint density at radius 1 is 1.07 bits per heavy atom. The second-order valence-corrected chi connectivity index (χ2v) is 9.98. The Hall–Kier alpha value is -2.21. The molecule has 0 unspecified atom stereocenters. The van der Waals surface area contributed by atoms with Gasteiger partial charge in [-0.05, 0) is 47.4 Å². The number of amides is 2. The average molecular weight is 417 g/mol. The summed E-state index contributed by atoms with van der Waals surface area (Å²) < 4.78 is 13.3. The molecular weight excluding hydrogens is 387 g/mol. The summed E-state index contributed by atoms with van der Waals surface area (Å²) in [6.45, 7) is 7.09. The van der Waals surface area contributed by atoms with E-state index in [1.165, 1.54) is 12.1 Å². The van der Waals surface area contributed by atoms with Crippen LogP contribution in [-0.4, -0.2) is 34.2 Å². The van der Waals surface area contributed by atoms with Crippen LogP contribution >= 0.6 is 11.3 Å². The van der Waals surface area contributed by atoms with Gasteiger partial charge >= 0.3 is 0 Å². The summed E-state index contributed by atoms with van der Waals surface area (Å²) in [5.41, 5.74) is 0.758. The molecule has 0 spiro atoms. The van der Waals surface area contributed by atoms with Gasteiger partial charge in [-0.1, -0.05) is 39.0 Å². The first-order valence-corrected chi connectivity index (χ1v) is 10.9. The van der Waals surface area contributed by atoms with Gasteiger partial charge in [-0.2, -0.15) is 0 Å². The Labute approximate surface area is 176 Å². The molecule has 0 saturated heterocycles. The van der Waals surface area contributed by atoms with Crippen molar-refractivity contribution in [1.82, 2.24) is 9.80 Å². The number of hydrogen-bond acceptors (Lipinski definition) is 3. The fourth-order valence-electron chi connectivity index (χ4n) is 3.24. The highest BCUT2D eigenvalue weighted by molar-refractivity contribution is 7.09. The predicted octanol–water partition coefficient (Wildman–Crippen LogP) is 4.84. The highest BCUT2D eigenvalue weighted by Gasteiger charge is 2.36. The van der Waals surface area contributed by atoms with Crippen LogP contribution in [0.2, 0.25) is 0 Å². The van der Waals surface area contributed by atoms with Crippen LogP contribution in [0, 0.1) is 11.2 Å². The number of hydrogen-bond donors (Lipinski definition) is 0. The van der Waals surface area contributed by atoms with Gasteiger partial charge in [0.1, 0.15) is 12.4 Å². The van der Waals surface area contributed by atoms with Gasteiger partial charge < -0.3 is 9.80 Å². The molecule has 0 aliphatic heterocycles. The predicted molar refractivity (Wildman–Crippen MR) is 114 cm³/mol. The average Bonchev–Trinajstić information content (AvgIpc) is 3.35. The fraction of sp³-hybridized carbons (Fsp3) is 0.478. The lowest BCUT2D eigenvalue weighted by Gasteiger charge is -2.29. The third-order valence-electron chi connectivity index (χ3n) is 4.86. The van der Waals surface area contributed by atoms with Crippen molar-refractivity contribution in [2.45, 2.75) is 59.2 Å². The van der Waals surface area contributed by atoms with Crippen molar-refractivity contribution in [1.29, 1.82) is 0 Å². The fourth-order valence-corrected chi connectivity index (χ4v) is 3.96. The van der Waals surface area contributed by atoms with E-state index in [9.17, 15) is 14.0 Å². The van der Waals surface area contributed by atoms with Crippen LogP contribution in [0.3, 0.4) is 0 Å². The van der Waals surface area contributed by atoms with Gasteiger partial charge in [0.15, 0.2) is 0 Å². The number of carbonyl (C=O) groups is 2. The van der Waals surface area contributed by atoms with Crippen molar-refractivity contribution < 1.29 is 14.0 Å². The third kappa shape index (κ3) is 6.67. The van der Waals surface area contributed by atoms with Crippen LogP contribution in [0.25, 0.3) is 0 Å². The molecule has 2 aromatic rings. The Kier molecular flexibility index (Phi) is 6.73. The maximum atomic E-state index is 13.3. The lowest BCUT2D eigenvalue weighted by molar-refractivity contribution is -0.142. The van der Waals surface area contributed by atoms with Crippen LogP contribution in [-0.2, 0) is 22.7 Å². The first-order chi connectivity index (χ1) is 13.7. The molecule has 0 atom stereocenters. The topological polar surface area (TPSA) is 40.6 Å². The number of benzene rings is 1. The molecule has 1 aromatic carbocycles. The minimum absolute atomic E-state index is 0.0474. The van der Waals surface area contributed by atoms with E-state index in [1.807, 2.05) is 38.3 Å². The number of nitrogens with zero attached hydrogens (tertiary/aromatic N) is 2. The molecule has 0 radical (unpaired) electrons. The van der Waals surface area contributed by atoms with Crippen molar-refractivity contribution in [3.05, 3.63) is 58.0 Å². The molecule has 0 bridgehead atoms. The summed E-state index contributed by atoms with van der Waals surface area (Å²) >= 11 is 1.60. The Balaban J connectivity index is 1.73. The molecule has 0 N–H and O–H groups in total. The summed E-state index contributed by atoms with van der Waals surface area (Å²) in [7, 11) is 0. The largest absolute Gasteiger partial charge is 0.332 e. The molecule has 1 aliphatic carbocycles. The normalized spacial score (nSPS) is 13.9. The quantitative estimate of drug-likeness (QED) is 0.618. The first kappa shape index (κ1) is 21.5. The maximum absolute atomic E-state index is 13.3. The van der Waals surface area contributed by atoms with Gasteiger partial charge in [-0.3, -0.25) is 9.59 Å². The standard InChI is InChI=1S/C23H29FN2O2S/c1-23(2,3)13-21(27)26(19-10-11-19)16-22(28)25(15-20-5-4-12-29-20)14-17-6-8-18(24)9-7-17/h4-9,12,19H,10-11,13-16H2,1-3H3. The van der Waals surface area contributed by atoms with E-state index in [0.717, 1.165) is 23.3 Å². The second kappa shape index (κ2) is 9.08. The van der Waals surface area contributed by atoms with E-state index >= 15 is 0 Å². The Bertz CT molecular complexity index is 824. The second-order valence-electron chi connectivity index (χ2n) is 8.95. The van der Waals surface area contributed by atoms with Crippen LogP contribution < -0.4 is 0 Å². The van der Waals surface area contributed by atoms with E-state index in [4.69, 9.17) is 0 Å². The monoisotopic (exact) mass is 416 g/mol. The minimum Gasteiger partial charge on any atom is -0.332 e. The van der Waals surface area contributed by atoms with Gasteiger partial charge in [0.25, 0.3) is 0 Å². The van der Waals surface area contributed by atoms with Crippen LogP contribution in [0.4, 0.5) is 4.39 Å². The molecule has 156 valence electrons. The van der Waals surface area contributed by atoms with Crippen molar-refractivity contribution in [3.63, 3.8) is 0 Å². The molecule has 1 aromatic heterocycles. The van der Waals surface area contributed by atoms with Crippen molar-refractivity contribution in [3.8, 4) is 0 Å². The summed E-state index contributed by atoms with van der Waals surface area (Å²) in [6, 6.07) is 10.4. The summed E-state index contributed by atoms with van der Waals surface area (Å²) in [4.78, 5) is 30.7. The zero-order valence-electron chi connectivity index (χ0n) is 17.4. The molecular formula is C23H29FN2O2S. The number of rotatable bonds is 8. The molecule has 1 aliphatic rings. The molecule has 2 amide bonds. The van der Waals surface area contributed by atoms with E-state index in [0.29, 0.717) is 19.5 Å².